The molecule has 23 heavy (non-hydrogen) atoms. The predicted molar refractivity (Wildman–Crippen MR) is 90.1 cm³/mol. The Morgan fingerprint density at radius 2 is 1.91 bits per heavy atom. The van der Waals surface area contributed by atoms with Crippen LogP contribution in [-0.2, 0) is 9.53 Å². The van der Waals surface area contributed by atoms with Gasteiger partial charge in [-0.3, -0.25) is 9.69 Å². The quantitative estimate of drug-likeness (QED) is 0.847. The molecule has 3 rings (SSSR count). The van der Waals surface area contributed by atoms with Gasteiger partial charge in [-0.05, 0) is 17.7 Å². The summed E-state index contributed by atoms with van der Waals surface area (Å²) in [6, 6.07) is 7.69. The van der Waals surface area contributed by atoms with Crippen molar-refractivity contribution in [3.63, 3.8) is 0 Å². The Morgan fingerprint density at radius 1 is 1.22 bits per heavy atom. The fourth-order valence-electron chi connectivity index (χ4n) is 2.98. The molecule has 0 spiro atoms. The van der Waals surface area contributed by atoms with Crippen molar-refractivity contribution >= 4 is 17.3 Å². The topological polar surface area (TPSA) is 71.2 Å². The minimum atomic E-state index is 0.102. The Balaban J connectivity index is 1.70. The minimum absolute atomic E-state index is 0.102. The lowest BCUT2D eigenvalue weighted by Gasteiger charge is -2.31. The summed E-state index contributed by atoms with van der Waals surface area (Å²) in [5, 5.41) is 6.26. The van der Waals surface area contributed by atoms with E-state index in [-0.39, 0.29) is 11.8 Å². The van der Waals surface area contributed by atoms with Crippen molar-refractivity contribution in [2.24, 2.45) is 11.0 Å². The monoisotopic (exact) mass is 316 g/mol. The zero-order valence-electron chi connectivity index (χ0n) is 13.6. The number of nitrogen functional groups attached to an aromatic ring is 1. The smallest absolute Gasteiger partial charge is 0.243 e. The van der Waals surface area contributed by atoms with E-state index in [0.29, 0.717) is 13.0 Å². The number of ether oxygens (including phenoxy) is 1. The number of nitrogens with two attached hydrogens (primary N) is 1. The highest BCUT2D eigenvalue weighted by atomic mass is 16.5. The van der Waals surface area contributed by atoms with Crippen LogP contribution in [0, 0.1) is 5.92 Å². The maximum absolute atomic E-state index is 12.3. The van der Waals surface area contributed by atoms with Gasteiger partial charge in [0.2, 0.25) is 5.91 Å². The molecule has 1 aromatic carbocycles. The molecule has 1 fully saturated rings. The molecular weight excluding hydrogens is 292 g/mol. The molecule has 6 heteroatoms. The van der Waals surface area contributed by atoms with Gasteiger partial charge in [-0.2, -0.15) is 5.10 Å². The van der Waals surface area contributed by atoms with Crippen LogP contribution in [0.15, 0.2) is 29.4 Å². The first kappa shape index (κ1) is 16.0. The lowest BCUT2D eigenvalue weighted by molar-refractivity contribution is -0.132. The van der Waals surface area contributed by atoms with Crippen LogP contribution in [0.2, 0.25) is 0 Å². The SMILES string of the molecule is CC1CC(=O)N(CCN2CCOCC2)N=C1c1ccc(N)cc1. The third-order valence-electron chi connectivity index (χ3n) is 4.40. The number of anilines is 1. The molecule has 124 valence electrons. The van der Waals surface area contributed by atoms with Crippen LogP contribution in [0.5, 0.6) is 0 Å². The highest BCUT2D eigenvalue weighted by Gasteiger charge is 2.27. The van der Waals surface area contributed by atoms with Crippen molar-refractivity contribution in [3.05, 3.63) is 29.8 Å². The Bertz CT molecular complexity index is 579. The summed E-state index contributed by atoms with van der Waals surface area (Å²) in [7, 11) is 0. The number of hydrazone groups is 1. The Hall–Kier alpha value is -1.92. The van der Waals surface area contributed by atoms with E-state index in [9.17, 15) is 4.79 Å². The number of hydrogen-bond acceptors (Lipinski definition) is 5. The van der Waals surface area contributed by atoms with E-state index >= 15 is 0 Å². The Morgan fingerprint density at radius 3 is 2.61 bits per heavy atom. The van der Waals surface area contributed by atoms with Gasteiger partial charge < -0.3 is 10.5 Å². The van der Waals surface area contributed by atoms with Gasteiger partial charge in [-0.25, -0.2) is 5.01 Å². The van der Waals surface area contributed by atoms with Crippen molar-refractivity contribution in [2.75, 3.05) is 45.1 Å². The van der Waals surface area contributed by atoms with E-state index in [0.717, 1.165) is 49.8 Å². The second-order valence-electron chi connectivity index (χ2n) is 6.18. The van der Waals surface area contributed by atoms with Crippen LogP contribution in [0.3, 0.4) is 0 Å². The number of benzene rings is 1. The molecule has 2 aliphatic rings. The summed E-state index contributed by atoms with van der Waals surface area (Å²) in [5.74, 6) is 0.232. The zero-order valence-corrected chi connectivity index (χ0v) is 13.6. The third-order valence-corrected chi connectivity index (χ3v) is 4.40. The molecule has 1 aromatic rings. The van der Waals surface area contributed by atoms with E-state index in [1.165, 1.54) is 0 Å². The second-order valence-corrected chi connectivity index (χ2v) is 6.18. The molecule has 2 heterocycles. The molecule has 1 amide bonds. The summed E-state index contributed by atoms with van der Waals surface area (Å²) >= 11 is 0. The first-order valence-electron chi connectivity index (χ1n) is 8.18. The van der Waals surface area contributed by atoms with Gasteiger partial charge in [0.1, 0.15) is 0 Å². The highest BCUT2D eigenvalue weighted by Crippen LogP contribution is 2.21. The molecule has 1 atom stereocenters. The minimum Gasteiger partial charge on any atom is -0.399 e. The van der Waals surface area contributed by atoms with Crippen molar-refractivity contribution in [1.82, 2.24) is 9.91 Å². The summed E-state index contributed by atoms with van der Waals surface area (Å²) in [6.07, 6.45) is 0.506. The van der Waals surface area contributed by atoms with Crippen LogP contribution in [0.1, 0.15) is 18.9 Å². The second kappa shape index (κ2) is 7.10. The van der Waals surface area contributed by atoms with Gasteiger partial charge >= 0.3 is 0 Å². The molecule has 0 aromatic heterocycles. The largest absolute Gasteiger partial charge is 0.399 e. The van der Waals surface area contributed by atoms with Crippen LogP contribution in [0.25, 0.3) is 0 Å². The fraction of sp³-hybridized carbons (Fsp3) is 0.529. The normalized spacial score (nSPS) is 23.0. The third kappa shape index (κ3) is 3.89. The van der Waals surface area contributed by atoms with E-state index in [4.69, 9.17) is 10.5 Å². The van der Waals surface area contributed by atoms with Gasteiger partial charge in [-0.1, -0.05) is 19.1 Å². The number of morpholine rings is 1. The van der Waals surface area contributed by atoms with E-state index in [2.05, 4.69) is 10.0 Å². The van der Waals surface area contributed by atoms with Gasteiger partial charge in [0.25, 0.3) is 0 Å². The van der Waals surface area contributed by atoms with Crippen LogP contribution in [0.4, 0.5) is 5.69 Å². The van der Waals surface area contributed by atoms with Crippen molar-refractivity contribution in [1.29, 1.82) is 0 Å². The summed E-state index contributed by atoms with van der Waals surface area (Å²) < 4.78 is 5.35. The standard InChI is InChI=1S/C17H24N4O2/c1-13-12-16(22)21(7-6-20-8-10-23-11-9-20)19-17(13)14-2-4-15(18)5-3-14/h2-5,13H,6-12,18H2,1H3. The van der Waals surface area contributed by atoms with Crippen LogP contribution in [-0.4, -0.2) is 60.9 Å². The van der Waals surface area contributed by atoms with E-state index in [1.54, 1.807) is 5.01 Å². The Kier molecular flexibility index (Phi) is 4.93. The molecule has 0 aliphatic carbocycles. The van der Waals surface area contributed by atoms with Crippen LogP contribution < -0.4 is 5.73 Å². The molecule has 0 radical (unpaired) electrons. The maximum Gasteiger partial charge on any atom is 0.243 e. The number of amides is 1. The van der Waals surface area contributed by atoms with E-state index in [1.807, 2.05) is 31.2 Å². The predicted octanol–water partition coefficient (Wildman–Crippen LogP) is 1.17. The van der Waals surface area contributed by atoms with Crippen molar-refractivity contribution < 1.29 is 9.53 Å². The first-order chi connectivity index (χ1) is 11.1. The first-order valence-corrected chi connectivity index (χ1v) is 8.18. The van der Waals surface area contributed by atoms with Crippen molar-refractivity contribution in [3.8, 4) is 0 Å². The average molecular weight is 316 g/mol. The van der Waals surface area contributed by atoms with Gasteiger partial charge in [-0.15, -0.1) is 0 Å². The number of hydrogen-bond donors (Lipinski definition) is 1. The maximum atomic E-state index is 12.3. The highest BCUT2D eigenvalue weighted by molar-refractivity contribution is 6.05. The van der Waals surface area contributed by atoms with Gasteiger partial charge in [0, 0.05) is 37.7 Å². The molecule has 2 N–H and O–H groups in total. The molecule has 2 aliphatic heterocycles. The van der Waals surface area contributed by atoms with Crippen molar-refractivity contribution in [2.45, 2.75) is 13.3 Å². The number of carbonyl (C=O) groups is 1. The molecule has 0 saturated carbocycles. The number of nitrogens with zero attached hydrogens (tertiary/aromatic N) is 3. The number of carbonyl (C=O) groups excluding carboxylic acids is 1. The Labute approximate surface area is 136 Å². The van der Waals surface area contributed by atoms with Crippen LogP contribution >= 0.6 is 0 Å². The lowest BCUT2D eigenvalue weighted by Crippen LogP contribution is -2.44. The molecular formula is C17H24N4O2. The van der Waals surface area contributed by atoms with Gasteiger partial charge in [0.15, 0.2) is 0 Å². The van der Waals surface area contributed by atoms with E-state index < -0.39 is 0 Å². The van der Waals surface area contributed by atoms with Gasteiger partial charge in [0.05, 0.1) is 25.5 Å². The summed E-state index contributed by atoms with van der Waals surface area (Å²) in [6.45, 7) is 6.90. The fourth-order valence-corrected chi connectivity index (χ4v) is 2.98. The molecule has 1 unspecified atom stereocenters. The summed E-state index contributed by atoms with van der Waals surface area (Å²) in [4.78, 5) is 14.6. The molecule has 6 nitrogen and oxygen atoms in total. The average Bonchev–Trinajstić information content (AvgIpc) is 2.56. The summed E-state index contributed by atoms with van der Waals surface area (Å²) in [5.41, 5.74) is 8.49. The lowest BCUT2D eigenvalue weighted by atomic mass is 9.93. The molecule has 1 saturated heterocycles. The molecule has 0 bridgehead atoms. The number of rotatable bonds is 4. The zero-order chi connectivity index (χ0) is 16.2.